The normalized spacial score (nSPS) is 20.1. The Bertz CT molecular complexity index is 349. The topological polar surface area (TPSA) is 34.2 Å². The van der Waals surface area contributed by atoms with E-state index in [2.05, 4.69) is 23.3 Å². The van der Waals surface area contributed by atoms with Crippen molar-refractivity contribution in [3.8, 4) is 0 Å². The smallest absolute Gasteiger partial charge is 0.0794 e. The molecule has 19 heavy (non-hydrogen) atoms. The summed E-state index contributed by atoms with van der Waals surface area (Å²) in [5.41, 5.74) is 1.24. The Balaban J connectivity index is 2.15. The van der Waals surface area contributed by atoms with Crippen molar-refractivity contribution >= 4 is 0 Å². The Morgan fingerprint density at radius 2 is 2.16 bits per heavy atom. The summed E-state index contributed by atoms with van der Waals surface area (Å²) < 4.78 is 5.87. The highest BCUT2D eigenvalue weighted by molar-refractivity contribution is 5.16. The van der Waals surface area contributed by atoms with Crippen molar-refractivity contribution < 1.29 is 4.74 Å². The predicted molar refractivity (Wildman–Crippen MR) is 78.0 cm³/mol. The molecule has 0 aromatic carbocycles. The first-order valence-electron chi connectivity index (χ1n) is 7.53. The molecule has 2 rings (SSSR count). The van der Waals surface area contributed by atoms with Gasteiger partial charge in [0.25, 0.3) is 0 Å². The molecule has 1 aliphatic carbocycles. The Hall–Kier alpha value is -0.930. The van der Waals surface area contributed by atoms with Crippen molar-refractivity contribution in [2.45, 2.75) is 51.2 Å². The van der Waals surface area contributed by atoms with Crippen LogP contribution in [0.5, 0.6) is 0 Å². The summed E-state index contributed by atoms with van der Waals surface area (Å²) in [4.78, 5) is 4.25. The highest BCUT2D eigenvalue weighted by Crippen LogP contribution is 2.33. The number of ether oxygens (including phenoxy) is 1. The van der Waals surface area contributed by atoms with Gasteiger partial charge in [-0.2, -0.15) is 0 Å². The minimum absolute atomic E-state index is 0.254. The van der Waals surface area contributed by atoms with Gasteiger partial charge in [-0.15, -0.1) is 0 Å². The summed E-state index contributed by atoms with van der Waals surface area (Å²) in [5.74, 6) is 0.669. The van der Waals surface area contributed by atoms with Crippen LogP contribution in [0.25, 0.3) is 0 Å². The van der Waals surface area contributed by atoms with E-state index in [1.807, 2.05) is 25.6 Å². The number of nitrogens with zero attached hydrogens (tertiary/aromatic N) is 1. The van der Waals surface area contributed by atoms with E-state index in [1.54, 1.807) is 0 Å². The Kier molecular flexibility index (Phi) is 5.80. The molecule has 3 heteroatoms. The first-order valence-corrected chi connectivity index (χ1v) is 7.53. The van der Waals surface area contributed by atoms with E-state index < -0.39 is 0 Å². The second-order valence-electron chi connectivity index (χ2n) is 5.42. The average molecular weight is 262 g/mol. The van der Waals surface area contributed by atoms with Gasteiger partial charge in [-0.1, -0.05) is 32.3 Å². The minimum Gasteiger partial charge on any atom is -0.379 e. The van der Waals surface area contributed by atoms with Gasteiger partial charge in [-0.05, 0) is 36.9 Å². The number of nitrogens with one attached hydrogen (secondary N) is 1. The summed E-state index contributed by atoms with van der Waals surface area (Å²) >= 11 is 0. The zero-order valence-electron chi connectivity index (χ0n) is 12.1. The summed E-state index contributed by atoms with van der Waals surface area (Å²) in [5, 5.41) is 3.58. The second-order valence-corrected chi connectivity index (χ2v) is 5.42. The standard InChI is InChI=1S/C16H26N2O/c1-3-18-15(14-10-7-11-17-12-14)16(19-2)13-8-5-4-6-9-13/h7,10-13,15-16,18H,3-6,8-9H2,1-2H3. The average Bonchev–Trinajstić information content (AvgIpc) is 2.49. The molecule has 1 heterocycles. The van der Waals surface area contributed by atoms with Crippen LogP contribution in [0.1, 0.15) is 50.6 Å². The maximum atomic E-state index is 5.87. The van der Waals surface area contributed by atoms with Gasteiger partial charge in [0.1, 0.15) is 0 Å². The maximum absolute atomic E-state index is 5.87. The molecule has 0 aliphatic heterocycles. The molecule has 1 fully saturated rings. The largest absolute Gasteiger partial charge is 0.379 e. The van der Waals surface area contributed by atoms with Crippen LogP contribution in [0.2, 0.25) is 0 Å². The van der Waals surface area contributed by atoms with Crippen LogP contribution in [-0.4, -0.2) is 24.7 Å². The fraction of sp³-hybridized carbons (Fsp3) is 0.688. The van der Waals surface area contributed by atoms with Gasteiger partial charge in [0.15, 0.2) is 0 Å². The van der Waals surface area contributed by atoms with Gasteiger partial charge < -0.3 is 10.1 Å². The minimum atomic E-state index is 0.254. The van der Waals surface area contributed by atoms with E-state index in [4.69, 9.17) is 4.74 Å². The molecule has 3 nitrogen and oxygen atoms in total. The van der Waals surface area contributed by atoms with Gasteiger partial charge in [0, 0.05) is 19.5 Å². The summed E-state index contributed by atoms with van der Waals surface area (Å²) in [6.07, 6.45) is 10.7. The van der Waals surface area contributed by atoms with Crippen LogP contribution < -0.4 is 5.32 Å². The molecule has 0 saturated heterocycles. The quantitative estimate of drug-likeness (QED) is 0.854. The number of likely N-dealkylation sites (N-methyl/N-ethyl adjacent to an activating group) is 1. The molecule has 1 aliphatic rings. The van der Waals surface area contributed by atoms with E-state index in [1.165, 1.54) is 37.7 Å². The Morgan fingerprint density at radius 3 is 2.74 bits per heavy atom. The van der Waals surface area contributed by atoms with Crippen molar-refractivity contribution in [2.75, 3.05) is 13.7 Å². The molecule has 1 N–H and O–H groups in total. The third-order valence-electron chi connectivity index (χ3n) is 4.18. The summed E-state index contributed by atoms with van der Waals surface area (Å²) in [6.45, 7) is 3.10. The maximum Gasteiger partial charge on any atom is 0.0794 e. The zero-order valence-corrected chi connectivity index (χ0v) is 12.1. The van der Waals surface area contributed by atoms with Gasteiger partial charge in [-0.3, -0.25) is 4.98 Å². The molecule has 2 atom stereocenters. The number of hydrogen-bond acceptors (Lipinski definition) is 3. The lowest BCUT2D eigenvalue weighted by molar-refractivity contribution is 0.00784. The fourth-order valence-corrected chi connectivity index (χ4v) is 3.27. The second kappa shape index (κ2) is 7.61. The molecule has 1 aromatic heterocycles. The molecule has 1 aromatic rings. The van der Waals surface area contributed by atoms with Crippen molar-refractivity contribution in [2.24, 2.45) is 5.92 Å². The molecule has 0 bridgehead atoms. The van der Waals surface area contributed by atoms with E-state index in [0.29, 0.717) is 5.92 Å². The van der Waals surface area contributed by atoms with Gasteiger partial charge in [-0.25, -0.2) is 0 Å². The number of aromatic nitrogens is 1. The van der Waals surface area contributed by atoms with Crippen LogP contribution in [0.4, 0.5) is 0 Å². The molecular weight excluding hydrogens is 236 g/mol. The van der Waals surface area contributed by atoms with E-state index in [9.17, 15) is 0 Å². The molecule has 1 saturated carbocycles. The van der Waals surface area contributed by atoms with Crippen molar-refractivity contribution in [1.82, 2.24) is 10.3 Å². The number of rotatable bonds is 6. The van der Waals surface area contributed by atoms with Crippen molar-refractivity contribution in [1.29, 1.82) is 0 Å². The third kappa shape index (κ3) is 3.77. The predicted octanol–water partition coefficient (Wildman–Crippen LogP) is 3.33. The SMILES string of the molecule is CCNC(c1cccnc1)C(OC)C1CCCCC1. The Labute approximate surface area is 116 Å². The van der Waals surface area contributed by atoms with Gasteiger partial charge in [0.2, 0.25) is 0 Å². The lowest BCUT2D eigenvalue weighted by atomic mass is 9.81. The van der Waals surface area contributed by atoms with Crippen molar-refractivity contribution in [3.63, 3.8) is 0 Å². The van der Waals surface area contributed by atoms with Gasteiger partial charge in [0.05, 0.1) is 12.1 Å². The summed E-state index contributed by atoms with van der Waals surface area (Å²) in [6, 6.07) is 4.41. The summed E-state index contributed by atoms with van der Waals surface area (Å²) in [7, 11) is 1.85. The first kappa shape index (κ1) is 14.5. The van der Waals surface area contributed by atoms with E-state index in [0.717, 1.165) is 6.54 Å². The molecule has 0 radical (unpaired) electrons. The van der Waals surface area contributed by atoms with Crippen LogP contribution >= 0.6 is 0 Å². The fourth-order valence-electron chi connectivity index (χ4n) is 3.27. The van der Waals surface area contributed by atoms with Gasteiger partial charge >= 0.3 is 0 Å². The van der Waals surface area contributed by atoms with Crippen molar-refractivity contribution in [3.05, 3.63) is 30.1 Å². The van der Waals surface area contributed by atoms with Crippen LogP contribution in [0.15, 0.2) is 24.5 Å². The molecular formula is C16H26N2O. The monoisotopic (exact) mass is 262 g/mol. The molecule has 106 valence electrons. The molecule has 0 spiro atoms. The Morgan fingerprint density at radius 1 is 1.37 bits per heavy atom. The van der Waals surface area contributed by atoms with E-state index >= 15 is 0 Å². The number of methoxy groups -OCH3 is 1. The number of pyridine rings is 1. The number of hydrogen-bond donors (Lipinski definition) is 1. The first-order chi connectivity index (χ1) is 9.36. The molecule has 0 amide bonds. The van der Waals surface area contributed by atoms with Crippen LogP contribution in [-0.2, 0) is 4.74 Å². The highest BCUT2D eigenvalue weighted by Gasteiger charge is 2.31. The third-order valence-corrected chi connectivity index (χ3v) is 4.18. The zero-order chi connectivity index (χ0) is 13.5. The lowest BCUT2D eigenvalue weighted by Crippen LogP contribution is -2.39. The highest BCUT2D eigenvalue weighted by atomic mass is 16.5. The van der Waals surface area contributed by atoms with E-state index in [-0.39, 0.29) is 12.1 Å². The van der Waals surface area contributed by atoms with Crippen LogP contribution in [0.3, 0.4) is 0 Å². The van der Waals surface area contributed by atoms with Crippen LogP contribution in [0, 0.1) is 5.92 Å². The lowest BCUT2D eigenvalue weighted by Gasteiger charge is -2.35. The molecule has 2 unspecified atom stereocenters.